The monoisotopic (exact) mass is 321 g/mol. The van der Waals surface area contributed by atoms with Crippen LogP contribution in [0.15, 0.2) is 28.8 Å². The maximum atomic E-state index is 13.7. The van der Waals surface area contributed by atoms with E-state index in [9.17, 15) is 18.4 Å². The highest BCUT2D eigenvalue weighted by Crippen LogP contribution is 2.24. The van der Waals surface area contributed by atoms with Crippen LogP contribution in [0.4, 0.5) is 8.78 Å². The number of hydrogen-bond donors (Lipinski definition) is 2. The molecule has 2 amide bonds. The highest BCUT2D eigenvalue weighted by Gasteiger charge is 2.27. The second kappa shape index (κ2) is 6.15. The van der Waals surface area contributed by atoms with E-state index in [1.54, 1.807) is 0 Å². The minimum Gasteiger partial charge on any atom is -0.356 e. The summed E-state index contributed by atoms with van der Waals surface area (Å²) < 4.78 is 31.6. The van der Waals surface area contributed by atoms with Crippen molar-refractivity contribution >= 4 is 11.8 Å². The number of carbonyl (C=O) groups is 2. The van der Waals surface area contributed by atoms with E-state index in [-0.39, 0.29) is 29.7 Å². The largest absolute Gasteiger partial charge is 0.356 e. The average molecular weight is 321 g/mol. The third kappa shape index (κ3) is 3.36. The summed E-state index contributed by atoms with van der Waals surface area (Å²) in [4.78, 5) is 22.9. The van der Waals surface area contributed by atoms with E-state index in [4.69, 9.17) is 4.52 Å². The van der Waals surface area contributed by atoms with E-state index in [0.717, 1.165) is 12.1 Å². The van der Waals surface area contributed by atoms with Crippen LogP contribution in [0.1, 0.15) is 18.5 Å². The minimum atomic E-state index is -0.759. The molecule has 2 aromatic rings. The van der Waals surface area contributed by atoms with Crippen molar-refractivity contribution in [1.82, 2.24) is 15.8 Å². The van der Waals surface area contributed by atoms with Crippen LogP contribution in [0.5, 0.6) is 0 Å². The summed E-state index contributed by atoms with van der Waals surface area (Å²) in [7, 11) is 0. The predicted molar refractivity (Wildman–Crippen MR) is 74.9 cm³/mol. The van der Waals surface area contributed by atoms with Crippen molar-refractivity contribution in [2.24, 2.45) is 0 Å². The first-order valence-corrected chi connectivity index (χ1v) is 7.01. The topological polar surface area (TPSA) is 84.2 Å². The standard InChI is InChI=1S/C15H13F2N3O3/c16-8-1-2-10(11(17)5-8)13-6-9(20-23-13)7-18-15(22)12-3-4-14(21)19-12/h1-2,5-6,12H,3-4,7H2,(H,18,22)(H,19,21). The molecule has 0 saturated carbocycles. The van der Waals surface area contributed by atoms with E-state index in [1.807, 2.05) is 0 Å². The first-order chi connectivity index (χ1) is 11.0. The lowest BCUT2D eigenvalue weighted by Gasteiger charge is -2.09. The smallest absolute Gasteiger partial charge is 0.242 e. The number of aromatic nitrogens is 1. The van der Waals surface area contributed by atoms with Gasteiger partial charge in [0.1, 0.15) is 23.4 Å². The Morgan fingerprint density at radius 2 is 2.22 bits per heavy atom. The summed E-state index contributed by atoms with van der Waals surface area (Å²) in [5.74, 6) is -1.77. The Morgan fingerprint density at radius 1 is 1.39 bits per heavy atom. The van der Waals surface area contributed by atoms with Gasteiger partial charge in [-0.3, -0.25) is 9.59 Å². The van der Waals surface area contributed by atoms with Gasteiger partial charge in [-0.2, -0.15) is 0 Å². The SMILES string of the molecule is O=C1CCC(C(=O)NCc2cc(-c3ccc(F)cc3F)on2)N1. The molecule has 3 rings (SSSR count). The Hall–Kier alpha value is -2.77. The fourth-order valence-corrected chi connectivity index (χ4v) is 2.32. The third-order valence-electron chi connectivity index (χ3n) is 3.51. The molecule has 1 fully saturated rings. The van der Waals surface area contributed by atoms with Crippen LogP contribution in [0.3, 0.4) is 0 Å². The number of nitrogens with one attached hydrogen (secondary N) is 2. The van der Waals surface area contributed by atoms with Gasteiger partial charge in [-0.05, 0) is 18.6 Å². The van der Waals surface area contributed by atoms with E-state index in [0.29, 0.717) is 18.5 Å². The Bertz CT molecular complexity index is 760. The molecule has 1 aromatic heterocycles. The number of halogens is 2. The fraction of sp³-hybridized carbons (Fsp3) is 0.267. The van der Waals surface area contributed by atoms with Crippen molar-refractivity contribution in [2.45, 2.75) is 25.4 Å². The fourth-order valence-electron chi connectivity index (χ4n) is 2.32. The summed E-state index contributed by atoms with van der Waals surface area (Å²) >= 11 is 0. The van der Waals surface area contributed by atoms with Gasteiger partial charge in [-0.25, -0.2) is 8.78 Å². The number of rotatable bonds is 4. The van der Waals surface area contributed by atoms with Gasteiger partial charge in [0, 0.05) is 18.6 Å². The predicted octanol–water partition coefficient (Wildman–Crippen LogP) is 1.51. The minimum absolute atomic E-state index is 0.0809. The zero-order valence-electron chi connectivity index (χ0n) is 11.9. The van der Waals surface area contributed by atoms with Gasteiger partial charge in [-0.1, -0.05) is 5.16 Å². The normalized spacial score (nSPS) is 17.1. The molecule has 23 heavy (non-hydrogen) atoms. The quantitative estimate of drug-likeness (QED) is 0.894. The highest BCUT2D eigenvalue weighted by molar-refractivity contribution is 5.90. The van der Waals surface area contributed by atoms with Gasteiger partial charge in [0.15, 0.2) is 5.76 Å². The van der Waals surface area contributed by atoms with Crippen molar-refractivity contribution in [1.29, 1.82) is 0 Å². The van der Waals surface area contributed by atoms with Crippen LogP contribution in [0.25, 0.3) is 11.3 Å². The molecule has 1 aliphatic rings. The van der Waals surface area contributed by atoms with Crippen LogP contribution in [0, 0.1) is 11.6 Å². The van der Waals surface area contributed by atoms with Crippen molar-refractivity contribution < 1.29 is 22.9 Å². The molecule has 1 aromatic carbocycles. The molecule has 1 saturated heterocycles. The van der Waals surface area contributed by atoms with E-state index in [1.165, 1.54) is 12.1 Å². The summed E-state index contributed by atoms with van der Waals surface area (Å²) in [6.07, 6.45) is 0.783. The van der Waals surface area contributed by atoms with Crippen LogP contribution in [-0.2, 0) is 16.1 Å². The molecule has 1 atom stereocenters. The summed E-state index contributed by atoms with van der Waals surface area (Å²) in [6, 6.07) is 4.04. The Morgan fingerprint density at radius 3 is 2.91 bits per heavy atom. The molecule has 0 spiro atoms. The van der Waals surface area contributed by atoms with Gasteiger partial charge in [0.2, 0.25) is 11.8 Å². The molecular weight excluding hydrogens is 308 g/mol. The Kier molecular flexibility index (Phi) is 4.05. The lowest BCUT2D eigenvalue weighted by molar-refractivity contribution is -0.125. The molecule has 8 heteroatoms. The summed E-state index contributed by atoms with van der Waals surface area (Å²) in [5, 5.41) is 8.91. The second-order valence-corrected chi connectivity index (χ2v) is 5.18. The van der Waals surface area contributed by atoms with Gasteiger partial charge in [-0.15, -0.1) is 0 Å². The molecular formula is C15H13F2N3O3. The van der Waals surface area contributed by atoms with Crippen molar-refractivity contribution in [3.05, 3.63) is 41.6 Å². The van der Waals surface area contributed by atoms with Crippen LogP contribution < -0.4 is 10.6 Å². The Labute approximate surface area is 129 Å². The lowest BCUT2D eigenvalue weighted by Crippen LogP contribution is -2.41. The molecule has 0 bridgehead atoms. The van der Waals surface area contributed by atoms with Crippen LogP contribution in [0.2, 0.25) is 0 Å². The maximum Gasteiger partial charge on any atom is 0.242 e. The number of nitrogens with zero attached hydrogens (tertiary/aromatic N) is 1. The average Bonchev–Trinajstić information content (AvgIpc) is 3.14. The first-order valence-electron chi connectivity index (χ1n) is 7.01. The van der Waals surface area contributed by atoms with Crippen molar-refractivity contribution in [3.63, 3.8) is 0 Å². The van der Waals surface area contributed by atoms with Gasteiger partial charge in [0.25, 0.3) is 0 Å². The number of hydrogen-bond acceptors (Lipinski definition) is 4. The second-order valence-electron chi connectivity index (χ2n) is 5.18. The summed E-state index contributed by atoms with van der Waals surface area (Å²) in [6.45, 7) is 0.0809. The molecule has 0 radical (unpaired) electrons. The van der Waals surface area contributed by atoms with Crippen LogP contribution in [-0.4, -0.2) is 23.0 Å². The molecule has 0 aliphatic carbocycles. The zero-order chi connectivity index (χ0) is 16.4. The molecule has 2 N–H and O–H groups in total. The van der Waals surface area contributed by atoms with E-state index >= 15 is 0 Å². The molecule has 1 unspecified atom stereocenters. The molecule has 1 aliphatic heterocycles. The summed E-state index contributed by atoms with van der Waals surface area (Å²) in [5.41, 5.74) is 0.473. The van der Waals surface area contributed by atoms with Gasteiger partial charge < -0.3 is 15.2 Å². The number of carbonyl (C=O) groups excluding carboxylic acids is 2. The van der Waals surface area contributed by atoms with E-state index in [2.05, 4.69) is 15.8 Å². The lowest BCUT2D eigenvalue weighted by atomic mass is 10.1. The van der Waals surface area contributed by atoms with Gasteiger partial charge in [0.05, 0.1) is 12.1 Å². The van der Waals surface area contributed by atoms with Crippen molar-refractivity contribution in [2.75, 3.05) is 0 Å². The van der Waals surface area contributed by atoms with Crippen LogP contribution >= 0.6 is 0 Å². The number of amides is 2. The number of benzene rings is 1. The molecule has 2 heterocycles. The highest BCUT2D eigenvalue weighted by atomic mass is 19.1. The van der Waals surface area contributed by atoms with Gasteiger partial charge >= 0.3 is 0 Å². The molecule has 6 nitrogen and oxygen atoms in total. The van der Waals surface area contributed by atoms with Crippen molar-refractivity contribution in [3.8, 4) is 11.3 Å². The Balaban J connectivity index is 1.63. The van der Waals surface area contributed by atoms with E-state index < -0.39 is 17.7 Å². The zero-order valence-corrected chi connectivity index (χ0v) is 11.9. The molecule has 120 valence electrons. The first kappa shape index (κ1) is 15.1. The third-order valence-corrected chi connectivity index (χ3v) is 3.51. The maximum absolute atomic E-state index is 13.7.